The summed E-state index contributed by atoms with van der Waals surface area (Å²) in [5.74, 6) is 2.68. The summed E-state index contributed by atoms with van der Waals surface area (Å²) in [6, 6.07) is 14.9. The number of hydrogen-bond donors (Lipinski definition) is 2. The van der Waals surface area contributed by atoms with Crippen LogP contribution in [0.3, 0.4) is 0 Å². The van der Waals surface area contributed by atoms with Gasteiger partial charge in [0.05, 0.1) is 24.5 Å². The third-order valence-electron chi connectivity index (χ3n) is 6.00. The molecule has 1 atom stereocenters. The lowest BCUT2D eigenvalue weighted by Gasteiger charge is -2.29. The smallest absolute Gasteiger partial charge is 0.255 e. The van der Waals surface area contributed by atoms with Gasteiger partial charge >= 0.3 is 0 Å². The van der Waals surface area contributed by atoms with Gasteiger partial charge in [0.1, 0.15) is 17.5 Å². The maximum atomic E-state index is 13.8. The van der Waals surface area contributed by atoms with E-state index in [1.165, 1.54) is 0 Å². The molecule has 0 aliphatic carbocycles. The van der Waals surface area contributed by atoms with Crippen molar-refractivity contribution in [2.45, 2.75) is 58.2 Å². The van der Waals surface area contributed by atoms with Crippen molar-refractivity contribution >= 4 is 29.3 Å². The Bertz CT molecular complexity index is 1240. The van der Waals surface area contributed by atoms with Crippen molar-refractivity contribution in [3.05, 3.63) is 65.4 Å². The molecule has 196 valence electrons. The molecule has 1 amide bonds. The standard InChI is InChI=1S/C28H35N5O3S/c1-5-8-11-18-36-21-16-14-20(15-17-21)25-24(19(4)29-27-31-28(37-7-3)32-33(25)27)26(34)30-22-12-9-10-13-23(22)35-6-2/h9-10,12-17,25H,5-8,11,18H2,1-4H3,(H,30,34)(H,29,31,32). The number of carbonyl (C=O) groups is 1. The molecule has 37 heavy (non-hydrogen) atoms. The van der Waals surface area contributed by atoms with Crippen LogP contribution < -0.4 is 20.1 Å². The molecule has 0 fully saturated rings. The highest BCUT2D eigenvalue weighted by Crippen LogP contribution is 2.37. The van der Waals surface area contributed by atoms with E-state index in [4.69, 9.17) is 14.6 Å². The average molecular weight is 522 g/mol. The first kappa shape index (κ1) is 26.6. The highest BCUT2D eigenvalue weighted by molar-refractivity contribution is 7.99. The van der Waals surface area contributed by atoms with E-state index >= 15 is 0 Å². The molecule has 1 unspecified atom stereocenters. The van der Waals surface area contributed by atoms with Crippen LogP contribution in [0.4, 0.5) is 11.6 Å². The summed E-state index contributed by atoms with van der Waals surface area (Å²) >= 11 is 1.56. The fourth-order valence-corrected chi connectivity index (χ4v) is 4.81. The van der Waals surface area contributed by atoms with E-state index in [1.807, 2.05) is 62.4 Å². The minimum Gasteiger partial charge on any atom is -0.494 e. The number of carbonyl (C=O) groups excluding carboxylic acids is 1. The predicted molar refractivity (Wildman–Crippen MR) is 149 cm³/mol. The molecule has 9 heteroatoms. The zero-order chi connectivity index (χ0) is 26.2. The minimum absolute atomic E-state index is 0.229. The lowest BCUT2D eigenvalue weighted by Crippen LogP contribution is -2.31. The van der Waals surface area contributed by atoms with Crippen LogP contribution in [0, 0.1) is 0 Å². The van der Waals surface area contributed by atoms with Gasteiger partial charge in [-0.05, 0) is 55.9 Å². The quantitative estimate of drug-likeness (QED) is 0.214. The number of ether oxygens (including phenoxy) is 2. The van der Waals surface area contributed by atoms with Gasteiger partial charge in [0.15, 0.2) is 0 Å². The Hall–Kier alpha value is -3.46. The van der Waals surface area contributed by atoms with E-state index in [9.17, 15) is 4.79 Å². The molecule has 0 radical (unpaired) electrons. The Balaban J connectivity index is 1.67. The summed E-state index contributed by atoms with van der Waals surface area (Å²) in [6.07, 6.45) is 3.33. The van der Waals surface area contributed by atoms with E-state index in [-0.39, 0.29) is 5.91 Å². The Labute approximate surface area is 222 Å². The molecule has 0 saturated carbocycles. The number of nitrogens with zero attached hydrogens (tertiary/aromatic N) is 3. The molecule has 0 bridgehead atoms. The number of hydrogen-bond acceptors (Lipinski definition) is 7. The minimum atomic E-state index is -0.455. The van der Waals surface area contributed by atoms with Crippen LogP contribution >= 0.6 is 11.8 Å². The fraction of sp³-hybridized carbons (Fsp3) is 0.393. The van der Waals surface area contributed by atoms with Gasteiger partial charge in [-0.3, -0.25) is 4.79 Å². The molecule has 2 aromatic carbocycles. The van der Waals surface area contributed by atoms with Crippen LogP contribution in [0.15, 0.2) is 65.0 Å². The van der Waals surface area contributed by atoms with Crippen LogP contribution in [-0.4, -0.2) is 39.6 Å². The molecular formula is C28H35N5O3S. The second-order valence-corrected chi connectivity index (χ2v) is 9.90. The van der Waals surface area contributed by atoms with Crippen LogP contribution in [0.2, 0.25) is 0 Å². The molecule has 4 rings (SSSR count). The van der Waals surface area contributed by atoms with Gasteiger partial charge in [0, 0.05) is 5.70 Å². The van der Waals surface area contributed by atoms with E-state index in [0.717, 1.165) is 42.0 Å². The number of thioether (sulfide) groups is 1. The molecule has 0 spiro atoms. The molecule has 1 aliphatic rings. The van der Waals surface area contributed by atoms with E-state index < -0.39 is 6.04 Å². The monoisotopic (exact) mass is 521 g/mol. The number of benzene rings is 2. The summed E-state index contributed by atoms with van der Waals surface area (Å²) in [6.45, 7) is 9.25. The van der Waals surface area contributed by atoms with Crippen LogP contribution in [0.1, 0.15) is 58.6 Å². The lowest BCUT2D eigenvalue weighted by molar-refractivity contribution is -0.113. The van der Waals surface area contributed by atoms with Gasteiger partial charge in [-0.15, -0.1) is 5.10 Å². The van der Waals surface area contributed by atoms with Crippen molar-refractivity contribution in [1.29, 1.82) is 0 Å². The average Bonchev–Trinajstić information content (AvgIpc) is 3.29. The first-order valence-electron chi connectivity index (χ1n) is 12.9. The Morgan fingerprint density at radius 2 is 1.86 bits per heavy atom. The number of anilines is 2. The first-order valence-corrected chi connectivity index (χ1v) is 13.9. The van der Waals surface area contributed by atoms with E-state index in [2.05, 4.69) is 29.5 Å². The Morgan fingerprint density at radius 3 is 2.59 bits per heavy atom. The zero-order valence-corrected chi connectivity index (χ0v) is 22.7. The topological polar surface area (TPSA) is 90.3 Å². The number of aromatic nitrogens is 3. The van der Waals surface area contributed by atoms with Crippen molar-refractivity contribution < 1.29 is 14.3 Å². The van der Waals surface area contributed by atoms with Gasteiger partial charge in [-0.2, -0.15) is 4.98 Å². The molecule has 3 aromatic rings. The van der Waals surface area contributed by atoms with Crippen LogP contribution in [0.25, 0.3) is 0 Å². The molecule has 2 N–H and O–H groups in total. The molecule has 2 heterocycles. The van der Waals surface area contributed by atoms with Gasteiger partial charge in [-0.1, -0.05) is 62.7 Å². The number of allylic oxidation sites excluding steroid dienone is 1. The van der Waals surface area contributed by atoms with E-state index in [1.54, 1.807) is 16.4 Å². The first-order chi connectivity index (χ1) is 18.0. The summed E-state index contributed by atoms with van der Waals surface area (Å²) in [5, 5.41) is 11.8. The van der Waals surface area contributed by atoms with Gasteiger partial charge in [-0.25, -0.2) is 4.68 Å². The summed E-state index contributed by atoms with van der Waals surface area (Å²) in [5.41, 5.74) is 2.83. The van der Waals surface area contributed by atoms with Gasteiger partial charge in [0.25, 0.3) is 5.91 Å². The third-order valence-corrected chi connectivity index (χ3v) is 6.72. The Kier molecular flexibility index (Phi) is 9.11. The number of nitrogens with one attached hydrogen (secondary N) is 2. The summed E-state index contributed by atoms with van der Waals surface area (Å²) in [4.78, 5) is 18.4. The maximum absolute atomic E-state index is 13.8. The molecular weight excluding hydrogens is 486 g/mol. The van der Waals surface area contributed by atoms with Crippen molar-refractivity contribution in [2.75, 3.05) is 29.6 Å². The normalized spacial score (nSPS) is 14.6. The van der Waals surface area contributed by atoms with Crippen molar-refractivity contribution in [3.8, 4) is 11.5 Å². The SMILES string of the molecule is CCCCCOc1ccc(C2C(C(=O)Nc3ccccc3OCC)=C(C)Nc3nc(SCC)nn32)cc1. The molecule has 0 saturated heterocycles. The molecule has 1 aliphatic heterocycles. The van der Waals surface area contributed by atoms with Crippen molar-refractivity contribution in [1.82, 2.24) is 14.8 Å². The van der Waals surface area contributed by atoms with Crippen LogP contribution in [-0.2, 0) is 4.79 Å². The second-order valence-electron chi connectivity index (χ2n) is 8.67. The highest BCUT2D eigenvalue weighted by Gasteiger charge is 2.34. The molecule has 1 aromatic heterocycles. The number of rotatable bonds is 12. The Morgan fingerprint density at radius 1 is 1.08 bits per heavy atom. The zero-order valence-electron chi connectivity index (χ0n) is 21.9. The van der Waals surface area contributed by atoms with Crippen molar-refractivity contribution in [2.24, 2.45) is 0 Å². The number of para-hydroxylation sites is 2. The third kappa shape index (κ3) is 6.28. The van der Waals surface area contributed by atoms with Gasteiger partial charge in [0.2, 0.25) is 11.1 Å². The number of amides is 1. The number of fused-ring (bicyclic) bond motifs is 1. The summed E-state index contributed by atoms with van der Waals surface area (Å²) < 4.78 is 13.4. The second kappa shape index (κ2) is 12.7. The molecule has 8 nitrogen and oxygen atoms in total. The van der Waals surface area contributed by atoms with Crippen LogP contribution in [0.5, 0.6) is 11.5 Å². The summed E-state index contributed by atoms with van der Waals surface area (Å²) in [7, 11) is 0. The highest BCUT2D eigenvalue weighted by atomic mass is 32.2. The maximum Gasteiger partial charge on any atom is 0.255 e. The predicted octanol–water partition coefficient (Wildman–Crippen LogP) is 6.29. The fourth-order valence-electron chi connectivity index (χ4n) is 4.25. The lowest BCUT2D eigenvalue weighted by atomic mass is 9.95. The number of unbranched alkanes of at least 4 members (excludes halogenated alkanes) is 2. The van der Waals surface area contributed by atoms with Gasteiger partial charge < -0.3 is 20.1 Å². The largest absolute Gasteiger partial charge is 0.494 e. The van der Waals surface area contributed by atoms with E-state index in [0.29, 0.717) is 41.3 Å². The van der Waals surface area contributed by atoms with Crippen molar-refractivity contribution in [3.63, 3.8) is 0 Å².